The van der Waals surface area contributed by atoms with E-state index in [2.05, 4.69) is 34.6 Å². The van der Waals surface area contributed by atoms with E-state index in [1.807, 2.05) is 19.2 Å². The number of rotatable bonds is 6. The molecule has 2 aromatic heterocycles. The maximum atomic E-state index is 11.6. The summed E-state index contributed by atoms with van der Waals surface area (Å²) in [5, 5.41) is 22.6. The highest BCUT2D eigenvalue weighted by Crippen LogP contribution is 2.60. The number of aromatic carboxylic acids is 1. The van der Waals surface area contributed by atoms with E-state index < -0.39 is 5.97 Å². The van der Waals surface area contributed by atoms with Gasteiger partial charge < -0.3 is 14.8 Å². The van der Waals surface area contributed by atoms with Gasteiger partial charge in [-0.15, -0.1) is 5.10 Å². The lowest BCUT2D eigenvalue weighted by atomic mass is 10.0. The van der Waals surface area contributed by atoms with Crippen LogP contribution >= 0.6 is 0 Å². The Morgan fingerprint density at radius 1 is 1.22 bits per heavy atom. The minimum Gasteiger partial charge on any atom is -0.478 e. The van der Waals surface area contributed by atoms with Crippen molar-refractivity contribution in [2.45, 2.75) is 45.1 Å². The van der Waals surface area contributed by atoms with Crippen molar-refractivity contribution in [3.05, 3.63) is 64.8 Å². The summed E-state index contributed by atoms with van der Waals surface area (Å²) in [6.07, 6.45) is 5.81. The molecule has 0 bridgehead atoms. The molecule has 0 aliphatic heterocycles. The maximum Gasteiger partial charge on any atom is 0.337 e. The number of aromatic nitrogens is 2. The zero-order chi connectivity index (χ0) is 22.0. The lowest BCUT2D eigenvalue weighted by Crippen LogP contribution is -2.11. The molecular weight excluding hydrogens is 402 g/mol. The van der Waals surface area contributed by atoms with Crippen LogP contribution in [0.3, 0.4) is 0 Å². The summed E-state index contributed by atoms with van der Waals surface area (Å²) in [7, 11) is 0. The first-order chi connectivity index (χ1) is 15.5. The zero-order valence-electron chi connectivity index (χ0n) is 18.1. The standard InChI is InChI=1S/C26H25N3O3/c1-13-9-17(14(2)28-22-6-4-3-5-16(22)26(30)31)24-20(10-13)23-25(32-24)21(12-27-29-23)19-11-18(19)15-7-8-15/h3-6,9-10,12,14-15,18-19,28H,7-8,11H2,1-2H3,(H,30,31)/t14-,18-,19+/m1/s1. The summed E-state index contributed by atoms with van der Waals surface area (Å²) in [5.41, 5.74) is 6.58. The SMILES string of the molecule is Cc1cc([C@@H](C)Nc2ccccc2C(=O)O)c2oc3c([C@H]4C[C@@H]4C4CC4)cnnc3c2c1. The molecule has 3 atom stereocenters. The summed E-state index contributed by atoms with van der Waals surface area (Å²) in [6, 6.07) is 11.0. The van der Waals surface area contributed by atoms with Gasteiger partial charge in [0.25, 0.3) is 0 Å². The molecule has 2 heterocycles. The average molecular weight is 428 g/mol. The van der Waals surface area contributed by atoms with Crippen LogP contribution in [0.5, 0.6) is 0 Å². The van der Waals surface area contributed by atoms with Gasteiger partial charge in [-0.05, 0) is 74.6 Å². The highest BCUT2D eigenvalue weighted by molar-refractivity contribution is 6.05. The molecule has 6 rings (SSSR count). The van der Waals surface area contributed by atoms with Crippen LogP contribution in [0.15, 0.2) is 47.0 Å². The first kappa shape index (κ1) is 19.3. The number of hydrogen-bond donors (Lipinski definition) is 2. The van der Waals surface area contributed by atoms with Gasteiger partial charge in [0.05, 0.1) is 17.8 Å². The van der Waals surface area contributed by atoms with Gasteiger partial charge in [0.15, 0.2) is 5.58 Å². The number of benzene rings is 2. The second-order valence-electron chi connectivity index (χ2n) is 9.37. The largest absolute Gasteiger partial charge is 0.478 e. The Labute approximate surface area is 185 Å². The second-order valence-corrected chi connectivity index (χ2v) is 9.37. The van der Waals surface area contributed by atoms with Crippen LogP contribution < -0.4 is 5.32 Å². The summed E-state index contributed by atoms with van der Waals surface area (Å²) >= 11 is 0. The molecular formula is C26H25N3O3. The number of nitrogens with zero attached hydrogens (tertiary/aromatic N) is 2. The average Bonchev–Trinajstić information content (AvgIpc) is 3.69. The Morgan fingerprint density at radius 3 is 2.81 bits per heavy atom. The molecule has 2 aliphatic rings. The van der Waals surface area contributed by atoms with E-state index in [0.29, 0.717) is 11.6 Å². The summed E-state index contributed by atoms with van der Waals surface area (Å²) in [5.74, 6) is 1.23. The van der Waals surface area contributed by atoms with Gasteiger partial charge >= 0.3 is 5.97 Å². The second kappa shape index (κ2) is 7.05. The minimum atomic E-state index is -0.951. The first-order valence-corrected chi connectivity index (χ1v) is 11.3. The maximum absolute atomic E-state index is 11.6. The molecule has 6 heteroatoms. The molecule has 6 nitrogen and oxygen atoms in total. The number of aryl methyl sites for hydroxylation is 1. The third-order valence-electron chi connectivity index (χ3n) is 7.02. The van der Waals surface area contributed by atoms with Gasteiger partial charge in [0.2, 0.25) is 0 Å². The van der Waals surface area contributed by atoms with Gasteiger partial charge in [-0.2, -0.15) is 5.10 Å². The Bertz CT molecular complexity index is 1370. The number of carboxylic acids is 1. The van der Waals surface area contributed by atoms with Crippen LogP contribution in [-0.2, 0) is 0 Å². The molecule has 0 unspecified atom stereocenters. The third kappa shape index (κ3) is 3.13. The number of anilines is 1. The predicted octanol–water partition coefficient (Wildman–Crippen LogP) is 6.07. The topological polar surface area (TPSA) is 88.2 Å². The molecule has 32 heavy (non-hydrogen) atoms. The summed E-state index contributed by atoms with van der Waals surface area (Å²) in [6.45, 7) is 4.08. The number of hydrogen-bond acceptors (Lipinski definition) is 5. The van der Waals surface area contributed by atoms with E-state index in [4.69, 9.17) is 4.42 Å². The molecule has 0 amide bonds. The Hall–Kier alpha value is -3.41. The molecule has 0 radical (unpaired) electrons. The molecule has 4 aromatic rings. The Balaban J connectivity index is 1.44. The number of carboxylic acid groups (broad SMARTS) is 1. The van der Waals surface area contributed by atoms with Crippen molar-refractivity contribution in [2.24, 2.45) is 11.8 Å². The zero-order valence-corrected chi connectivity index (χ0v) is 18.1. The van der Waals surface area contributed by atoms with Crippen LogP contribution in [0.1, 0.15) is 65.2 Å². The van der Waals surface area contributed by atoms with Crippen LogP contribution in [-0.4, -0.2) is 21.3 Å². The van der Waals surface area contributed by atoms with Gasteiger partial charge in [0.1, 0.15) is 11.1 Å². The van der Waals surface area contributed by atoms with Crippen molar-refractivity contribution < 1.29 is 14.3 Å². The number of para-hydroxylation sites is 1. The van der Waals surface area contributed by atoms with E-state index >= 15 is 0 Å². The number of carbonyl (C=O) groups is 1. The van der Waals surface area contributed by atoms with E-state index in [1.165, 1.54) is 24.8 Å². The Kier molecular flexibility index (Phi) is 4.25. The molecule has 162 valence electrons. The van der Waals surface area contributed by atoms with Gasteiger partial charge in [-0.25, -0.2) is 4.79 Å². The normalized spacial score (nSPS) is 21.1. The number of nitrogens with one attached hydrogen (secondary N) is 1. The first-order valence-electron chi connectivity index (χ1n) is 11.3. The fraction of sp³-hybridized carbons (Fsp3) is 0.346. The van der Waals surface area contributed by atoms with Crippen molar-refractivity contribution in [3.8, 4) is 0 Å². The van der Waals surface area contributed by atoms with E-state index in [9.17, 15) is 9.90 Å². The number of fused-ring (bicyclic) bond motifs is 3. The highest BCUT2D eigenvalue weighted by Gasteiger charge is 2.49. The molecule has 2 fully saturated rings. The summed E-state index contributed by atoms with van der Waals surface area (Å²) in [4.78, 5) is 11.6. The molecule has 2 aliphatic carbocycles. The van der Waals surface area contributed by atoms with Crippen LogP contribution in [0, 0.1) is 18.8 Å². The molecule has 2 saturated carbocycles. The van der Waals surface area contributed by atoms with Gasteiger partial charge in [-0.3, -0.25) is 0 Å². The highest BCUT2D eigenvalue weighted by atomic mass is 16.4. The smallest absolute Gasteiger partial charge is 0.337 e. The molecule has 0 spiro atoms. The fourth-order valence-corrected chi connectivity index (χ4v) is 5.18. The van der Waals surface area contributed by atoms with Crippen molar-refractivity contribution in [3.63, 3.8) is 0 Å². The van der Waals surface area contributed by atoms with Crippen LogP contribution in [0.2, 0.25) is 0 Å². The van der Waals surface area contributed by atoms with E-state index in [1.54, 1.807) is 18.2 Å². The van der Waals surface area contributed by atoms with Gasteiger partial charge in [0, 0.05) is 22.2 Å². The van der Waals surface area contributed by atoms with Gasteiger partial charge in [-0.1, -0.05) is 18.2 Å². The van der Waals surface area contributed by atoms with E-state index in [-0.39, 0.29) is 11.6 Å². The Morgan fingerprint density at radius 2 is 2.03 bits per heavy atom. The lowest BCUT2D eigenvalue weighted by Gasteiger charge is -2.18. The third-order valence-corrected chi connectivity index (χ3v) is 7.02. The lowest BCUT2D eigenvalue weighted by molar-refractivity contribution is 0.0698. The number of furan rings is 1. The van der Waals surface area contributed by atoms with Crippen LogP contribution in [0.4, 0.5) is 5.69 Å². The van der Waals surface area contributed by atoms with Crippen LogP contribution in [0.25, 0.3) is 22.1 Å². The van der Waals surface area contributed by atoms with Crippen molar-refractivity contribution >= 4 is 33.7 Å². The monoisotopic (exact) mass is 427 g/mol. The van der Waals surface area contributed by atoms with Crippen molar-refractivity contribution in [2.75, 3.05) is 5.32 Å². The molecule has 2 aromatic carbocycles. The van der Waals surface area contributed by atoms with Crippen molar-refractivity contribution in [1.29, 1.82) is 0 Å². The minimum absolute atomic E-state index is 0.157. The van der Waals surface area contributed by atoms with E-state index in [0.717, 1.165) is 45.0 Å². The quantitative estimate of drug-likeness (QED) is 0.388. The molecule has 0 saturated heterocycles. The predicted molar refractivity (Wildman–Crippen MR) is 123 cm³/mol. The summed E-state index contributed by atoms with van der Waals surface area (Å²) < 4.78 is 6.50. The fourth-order valence-electron chi connectivity index (χ4n) is 5.18. The molecule has 2 N–H and O–H groups in total. The van der Waals surface area contributed by atoms with Crippen molar-refractivity contribution in [1.82, 2.24) is 10.2 Å².